The lowest BCUT2D eigenvalue weighted by Gasteiger charge is -2.44. The van der Waals surface area contributed by atoms with Crippen LogP contribution in [0.3, 0.4) is 0 Å². The molecule has 2 amide bonds. The summed E-state index contributed by atoms with van der Waals surface area (Å²) in [6, 6.07) is 5.29. The number of nitrogens with zero attached hydrogens (tertiary/aromatic N) is 3. The minimum absolute atomic E-state index is 0.0259. The van der Waals surface area contributed by atoms with Crippen LogP contribution in [-0.2, 0) is 14.3 Å². The summed E-state index contributed by atoms with van der Waals surface area (Å²) in [5, 5.41) is 0. The Balaban J connectivity index is 1.46. The standard InChI is InChI=1S/C27H39N5O4/c1-27(2,3)22(26(35)32-14-20(28)24-23(32)21(33)15-36-24)19-13-17(7-8-18(19)25(29)34)31-11-9-30(10-12-31)16-5-4-6-16/h7-8,13,16,20,22-24H,4-6,9-12,14-15,28H2,1-3H3,(H2,29,34)/t20-,22+,23-,24-/m1/s1. The van der Waals surface area contributed by atoms with Crippen molar-refractivity contribution in [1.82, 2.24) is 9.80 Å². The molecule has 196 valence electrons. The number of likely N-dealkylation sites (tertiary alicyclic amines) is 1. The molecule has 1 aromatic carbocycles. The van der Waals surface area contributed by atoms with Gasteiger partial charge in [-0.15, -0.1) is 0 Å². The van der Waals surface area contributed by atoms with E-state index in [2.05, 4.69) is 9.80 Å². The Labute approximate surface area is 213 Å². The van der Waals surface area contributed by atoms with Gasteiger partial charge in [0.15, 0.2) is 5.78 Å². The highest BCUT2D eigenvalue weighted by molar-refractivity contribution is 5.99. The Morgan fingerprint density at radius 1 is 1.11 bits per heavy atom. The van der Waals surface area contributed by atoms with Crippen molar-refractivity contribution in [1.29, 1.82) is 0 Å². The molecule has 0 radical (unpaired) electrons. The summed E-state index contributed by atoms with van der Waals surface area (Å²) < 4.78 is 5.60. The molecular formula is C27H39N5O4. The predicted molar refractivity (Wildman–Crippen MR) is 137 cm³/mol. The molecule has 4 fully saturated rings. The van der Waals surface area contributed by atoms with Crippen molar-refractivity contribution >= 4 is 23.3 Å². The maximum atomic E-state index is 14.1. The van der Waals surface area contributed by atoms with E-state index < -0.39 is 35.4 Å². The van der Waals surface area contributed by atoms with E-state index in [1.807, 2.05) is 32.9 Å². The fraction of sp³-hybridized carbons (Fsp3) is 0.667. The molecule has 0 spiro atoms. The molecule has 4 aliphatic rings. The number of piperazine rings is 1. The van der Waals surface area contributed by atoms with Gasteiger partial charge >= 0.3 is 0 Å². The second-order valence-corrected chi connectivity index (χ2v) is 11.9. The molecule has 9 heteroatoms. The number of rotatable bonds is 5. The summed E-state index contributed by atoms with van der Waals surface area (Å²) in [7, 11) is 0. The largest absolute Gasteiger partial charge is 0.369 e. The number of Topliss-reactive ketones (excluding diaryl/α,β-unsaturated/α-hetero) is 1. The summed E-state index contributed by atoms with van der Waals surface area (Å²) in [5.41, 5.74) is 13.5. The number of anilines is 1. The highest BCUT2D eigenvalue weighted by atomic mass is 16.5. The molecule has 9 nitrogen and oxygen atoms in total. The Morgan fingerprint density at radius 2 is 1.81 bits per heavy atom. The normalized spacial score (nSPS) is 28.2. The number of fused-ring (bicyclic) bond motifs is 1. The van der Waals surface area contributed by atoms with Crippen LogP contribution >= 0.6 is 0 Å². The van der Waals surface area contributed by atoms with E-state index >= 15 is 0 Å². The van der Waals surface area contributed by atoms with Gasteiger partial charge in [-0.1, -0.05) is 27.2 Å². The number of ketones is 1. The molecule has 5 rings (SSSR count). The highest BCUT2D eigenvalue weighted by Gasteiger charge is 2.53. The van der Waals surface area contributed by atoms with Crippen molar-refractivity contribution in [3.8, 4) is 0 Å². The van der Waals surface area contributed by atoms with Crippen LogP contribution in [-0.4, -0.2) is 91.0 Å². The lowest BCUT2D eigenvalue weighted by Crippen LogP contribution is -2.52. The van der Waals surface area contributed by atoms with Crippen LogP contribution in [0, 0.1) is 5.41 Å². The van der Waals surface area contributed by atoms with Gasteiger partial charge in [0.05, 0.1) is 12.0 Å². The predicted octanol–water partition coefficient (Wildman–Crippen LogP) is 1.10. The molecule has 1 aliphatic carbocycles. The zero-order valence-electron chi connectivity index (χ0n) is 21.6. The van der Waals surface area contributed by atoms with Gasteiger partial charge in [0.2, 0.25) is 11.8 Å². The number of nitrogens with two attached hydrogens (primary N) is 2. The first-order valence-electron chi connectivity index (χ1n) is 13.2. The second-order valence-electron chi connectivity index (χ2n) is 11.9. The minimum Gasteiger partial charge on any atom is -0.369 e. The van der Waals surface area contributed by atoms with Gasteiger partial charge < -0.3 is 26.0 Å². The third kappa shape index (κ3) is 4.41. The summed E-state index contributed by atoms with van der Waals surface area (Å²) in [6.45, 7) is 9.98. The number of benzene rings is 1. The SMILES string of the molecule is CC(C)(C)[C@H](C(=O)N1C[C@@H](N)[C@H]2OCC(=O)[C@H]21)c1cc(N2CCN(C3CCC3)CC2)ccc1C(N)=O. The zero-order chi connectivity index (χ0) is 25.8. The van der Waals surface area contributed by atoms with E-state index in [-0.39, 0.29) is 24.8 Å². The molecule has 3 saturated heterocycles. The third-order valence-electron chi connectivity index (χ3n) is 8.50. The summed E-state index contributed by atoms with van der Waals surface area (Å²) in [5.74, 6) is -1.57. The molecule has 4 N–H and O–H groups in total. The first-order valence-corrected chi connectivity index (χ1v) is 13.2. The van der Waals surface area contributed by atoms with E-state index in [1.165, 1.54) is 19.3 Å². The van der Waals surface area contributed by atoms with Crippen LogP contribution < -0.4 is 16.4 Å². The topological polar surface area (TPSA) is 122 Å². The lowest BCUT2D eigenvalue weighted by molar-refractivity contribution is -0.139. The van der Waals surface area contributed by atoms with E-state index in [9.17, 15) is 14.4 Å². The number of carbonyl (C=O) groups excluding carboxylic acids is 3. The van der Waals surface area contributed by atoms with Gasteiger partial charge in [-0.05, 0) is 42.0 Å². The van der Waals surface area contributed by atoms with Crippen molar-refractivity contribution in [2.45, 2.75) is 70.2 Å². The molecule has 0 bridgehead atoms. The molecule has 3 heterocycles. The fourth-order valence-corrected chi connectivity index (χ4v) is 6.36. The van der Waals surface area contributed by atoms with Gasteiger partial charge in [0.25, 0.3) is 0 Å². The number of primary amides is 1. The smallest absolute Gasteiger partial charge is 0.249 e. The number of hydrogen-bond acceptors (Lipinski definition) is 7. The Hall–Kier alpha value is -2.49. The quantitative estimate of drug-likeness (QED) is 0.625. The molecule has 36 heavy (non-hydrogen) atoms. The van der Waals surface area contributed by atoms with Gasteiger partial charge in [-0.2, -0.15) is 0 Å². The van der Waals surface area contributed by atoms with Crippen LogP contribution in [0.4, 0.5) is 5.69 Å². The molecule has 1 saturated carbocycles. The number of ether oxygens (including phenoxy) is 1. The average molecular weight is 498 g/mol. The molecule has 1 aromatic rings. The van der Waals surface area contributed by atoms with Crippen molar-refractivity contribution < 1.29 is 19.1 Å². The van der Waals surface area contributed by atoms with Crippen LogP contribution in [0.25, 0.3) is 0 Å². The Morgan fingerprint density at radius 3 is 2.39 bits per heavy atom. The first kappa shape index (κ1) is 25.2. The molecule has 0 unspecified atom stereocenters. The first-order chi connectivity index (χ1) is 17.1. The molecular weight excluding hydrogens is 458 g/mol. The van der Waals surface area contributed by atoms with Gasteiger partial charge in [-0.25, -0.2) is 0 Å². The van der Waals surface area contributed by atoms with Crippen LogP contribution in [0.5, 0.6) is 0 Å². The third-order valence-corrected chi connectivity index (χ3v) is 8.50. The van der Waals surface area contributed by atoms with Gasteiger partial charge in [-0.3, -0.25) is 19.3 Å². The van der Waals surface area contributed by atoms with Gasteiger partial charge in [0.1, 0.15) is 18.8 Å². The maximum absolute atomic E-state index is 14.1. The number of carbonyl (C=O) groups is 3. The summed E-state index contributed by atoms with van der Waals surface area (Å²) in [6.07, 6.45) is 3.44. The lowest BCUT2D eigenvalue weighted by atomic mass is 9.73. The van der Waals surface area contributed by atoms with Gasteiger partial charge in [0, 0.05) is 50.0 Å². The zero-order valence-corrected chi connectivity index (χ0v) is 21.6. The van der Waals surface area contributed by atoms with Crippen molar-refractivity contribution in [3.05, 3.63) is 29.3 Å². The van der Waals surface area contributed by atoms with E-state index in [4.69, 9.17) is 16.2 Å². The van der Waals surface area contributed by atoms with Crippen molar-refractivity contribution in [2.75, 3.05) is 44.2 Å². The average Bonchev–Trinajstić information content (AvgIpc) is 3.32. The molecule has 4 atom stereocenters. The van der Waals surface area contributed by atoms with Crippen molar-refractivity contribution in [3.63, 3.8) is 0 Å². The maximum Gasteiger partial charge on any atom is 0.249 e. The summed E-state index contributed by atoms with van der Waals surface area (Å²) >= 11 is 0. The van der Waals surface area contributed by atoms with E-state index in [1.54, 1.807) is 11.0 Å². The van der Waals surface area contributed by atoms with E-state index in [0.29, 0.717) is 11.1 Å². The fourth-order valence-electron chi connectivity index (χ4n) is 6.36. The highest BCUT2D eigenvalue weighted by Crippen LogP contribution is 2.42. The molecule has 0 aromatic heterocycles. The van der Waals surface area contributed by atoms with Crippen molar-refractivity contribution in [2.24, 2.45) is 16.9 Å². The monoisotopic (exact) mass is 497 g/mol. The molecule has 3 aliphatic heterocycles. The second kappa shape index (κ2) is 9.43. The van der Waals surface area contributed by atoms with E-state index in [0.717, 1.165) is 37.9 Å². The number of amides is 2. The minimum atomic E-state index is -0.671. The Bertz CT molecular complexity index is 1040. The van der Waals surface area contributed by atoms with Crippen LogP contribution in [0.2, 0.25) is 0 Å². The Kier molecular flexibility index (Phi) is 6.59. The number of hydrogen-bond donors (Lipinski definition) is 2. The summed E-state index contributed by atoms with van der Waals surface area (Å²) in [4.78, 5) is 45.7. The van der Waals surface area contributed by atoms with Crippen LogP contribution in [0.15, 0.2) is 18.2 Å². The van der Waals surface area contributed by atoms with Crippen LogP contribution in [0.1, 0.15) is 61.9 Å².